The molecule has 0 radical (unpaired) electrons. The van der Waals surface area contributed by atoms with Crippen LogP contribution < -0.4 is 10.6 Å². The number of aliphatic carboxylic acids is 2. The van der Waals surface area contributed by atoms with Gasteiger partial charge in [-0.1, -0.05) is 50.7 Å². The van der Waals surface area contributed by atoms with Gasteiger partial charge in [-0.2, -0.15) is 0 Å². The van der Waals surface area contributed by atoms with Crippen molar-refractivity contribution in [1.29, 1.82) is 0 Å². The molecule has 0 spiro atoms. The zero-order valence-corrected chi connectivity index (χ0v) is 27.1. The molecule has 0 saturated heterocycles. The maximum atomic E-state index is 11.9. The van der Waals surface area contributed by atoms with Crippen LogP contribution >= 0.6 is 0 Å². The standard InChI is InChI=1S/C32H60N4O6/c1-35(2,27-31(39)40)25-19-23-33-29(37)21-17-15-13-11-9-7-5-6-8-10-12-14-16-18-22-30(38)34-24-20-26-36(3,4)28-32(41)42/h5-6H,7-28H2,1-4H3,(H2-2,33,34,37,38,39,40,41,42)/p+2/b6-5+. The lowest BCUT2D eigenvalue weighted by molar-refractivity contribution is -0.883. The molecular weight excluding hydrogens is 536 g/mol. The van der Waals surface area contributed by atoms with E-state index in [0.29, 0.717) is 34.9 Å². The normalized spacial score (nSPS) is 12.0. The highest BCUT2D eigenvalue weighted by Gasteiger charge is 2.19. The van der Waals surface area contributed by atoms with Gasteiger partial charge in [0.25, 0.3) is 0 Å². The molecule has 10 heteroatoms. The number of allylic oxidation sites excluding steroid dienone is 2. The topological polar surface area (TPSA) is 133 Å². The van der Waals surface area contributed by atoms with E-state index in [4.69, 9.17) is 10.2 Å². The molecule has 0 aromatic heterocycles. The highest BCUT2D eigenvalue weighted by Crippen LogP contribution is 2.10. The molecule has 0 aliphatic heterocycles. The Hall–Kier alpha value is -2.46. The minimum atomic E-state index is -0.801. The fourth-order valence-electron chi connectivity index (χ4n) is 4.93. The van der Waals surface area contributed by atoms with E-state index in [-0.39, 0.29) is 24.9 Å². The number of carbonyl (C=O) groups excluding carboxylic acids is 2. The molecule has 0 bridgehead atoms. The summed E-state index contributed by atoms with van der Waals surface area (Å²) in [6.07, 6.45) is 20.6. The van der Waals surface area contributed by atoms with E-state index in [0.717, 1.165) is 77.3 Å². The summed E-state index contributed by atoms with van der Waals surface area (Å²) in [5.41, 5.74) is 0. The smallest absolute Gasteiger partial charge is 0.359 e. The number of nitrogens with one attached hydrogen (secondary N) is 2. The van der Waals surface area contributed by atoms with Crippen molar-refractivity contribution >= 4 is 23.8 Å². The molecule has 0 heterocycles. The van der Waals surface area contributed by atoms with Crippen LogP contribution in [0.2, 0.25) is 0 Å². The summed E-state index contributed by atoms with van der Waals surface area (Å²) >= 11 is 0. The number of carboxylic acid groups (broad SMARTS) is 2. The molecule has 42 heavy (non-hydrogen) atoms. The number of likely N-dealkylation sites (N-methyl/N-ethyl adjacent to an activating group) is 2. The van der Waals surface area contributed by atoms with E-state index in [1.165, 1.54) is 25.7 Å². The summed E-state index contributed by atoms with van der Waals surface area (Å²) in [7, 11) is 7.56. The van der Waals surface area contributed by atoms with E-state index in [2.05, 4.69) is 22.8 Å². The highest BCUT2D eigenvalue weighted by atomic mass is 16.4. The van der Waals surface area contributed by atoms with Gasteiger partial charge in [0.15, 0.2) is 13.1 Å². The van der Waals surface area contributed by atoms with Gasteiger partial charge >= 0.3 is 11.9 Å². The third-order valence-corrected chi connectivity index (χ3v) is 7.37. The predicted octanol–water partition coefficient (Wildman–Crippen LogP) is 4.34. The molecule has 0 aromatic rings. The number of unbranched alkanes of at least 4 members (excludes halogenated alkanes) is 10. The number of carbonyl (C=O) groups is 4. The van der Waals surface area contributed by atoms with Crippen molar-refractivity contribution < 1.29 is 38.4 Å². The highest BCUT2D eigenvalue weighted by molar-refractivity contribution is 5.76. The number of rotatable bonds is 28. The lowest BCUT2D eigenvalue weighted by atomic mass is 10.1. The minimum Gasteiger partial charge on any atom is -0.477 e. The summed E-state index contributed by atoms with van der Waals surface area (Å²) in [5, 5.41) is 23.7. The first-order chi connectivity index (χ1) is 19.8. The number of amides is 2. The van der Waals surface area contributed by atoms with Crippen molar-refractivity contribution in [3.8, 4) is 0 Å². The Morgan fingerprint density at radius 1 is 0.524 bits per heavy atom. The Kier molecular flexibility index (Phi) is 22.6. The molecule has 0 atom stereocenters. The average Bonchev–Trinajstić information content (AvgIpc) is 2.87. The van der Waals surface area contributed by atoms with Crippen molar-refractivity contribution in [3.63, 3.8) is 0 Å². The Labute approximate surface area is 255 Å². The van der Waals surface area contributed by atoms with Crippen LogP contribution in [0.1, 0.15) is 103 Å². The van der Waals surface area contributed by atoms with Gasteiger partial charge in [-0.05, 0) is 38.5 Å². The van der Waals surface area contributed by atoms with Crippen molar-refractivity contribution in [2.24, 2.45) is 0 Å². The summed E-state index contributed by atoms with van der Waals surface area (Å²) in [4.78, 5) is 45.6. The second kappa shape index (κ2) is 24.0. The molecule has 244 valence electrons. The molecular formula is C32H62N4O6+2. The van der Waals surface area contributed by atoms with Crippen molar-refractivity contribution in [3.05, 3.63) is 12.2 Å². The average molecular weight is 599 g/mol. The Morgan fingerprint density at radius 3 is 1.21 bits per heavy atom. The second-order valence-electron chi connectivity index (χ2n) is 12.9. The number of quaternary nitrogens is 2. The molecule has 10 nitrogen and oxygen atoms in total. The molecule has 0 rings (SSSR count). The maximum absolute atomic E-state index is 11.9. The van der Waals surface area contributed by atoms with Crippen molar-refractivity contribution in [1.82, 2.24) is 10.6 Å². The molecule has 0 fully saturated rings. The van der Waals surface area contributed by atoms with Gasteiger partial charge in [0, 0.05) is 38.8 Å². The lowest BCUT2D eigenvalue weighted by Gasteiger charge is -2.27. The van der Waals surface area contributed by atoms with Gasteiger partial charge in [-0.3, -0.25) is 9.59 Å². The lowest BCUT2D eigenvalue weighted by Crippen LogP contribution is -2.45. The third-order valence-electron chi connectivity index (χ3n) is 7.37. The zero-order valence-electron chi connectivity index (χ0n) is 27.1. The summed E-state index contributed by atoms with van der Waals surface area (Å²) in [5.74, 6) is -1.42. The molecule has 0 saturated carbocycles. The van der Waals surface area contributed by atoms with Crippen LogP contribution in [0.15, 0.2) is 12.2 Å². The molecule has 2 amide bonds. The summed E-state index contributed by atoms with van der Waals surface area (Å²) in [6.45, 7) is 2.84. The monoisotopic (exact) mass is 598 g/mol. The van der Waals surface area contributed by atoms with Crippen LogP contribution in [-0.2, 0) is 19.2 Å². The second-order valence-corrected chi connectivity index (χ2v) is 12.9. The van der Waals surface area contributed by atoms with Crippen LogP contribution in [0.5, 0.6) is 0 Å². The molecule has 0 aliphatic rings. The molecule has 0 aliphatic carbocycles. The van der Waals surface area contributed by atoms with Crippen LogP contribution in [0.3, 0.4) is 0 Å². The Morgan fingerprint density at radius 2 is 0.857 bits per heavy atom. The van der Waals surface area contributed by atoms with Crippen LogP contribution in [0.25, 0.3) is 0 Å². The first-order valence-electron chi connectivity index (χ1n) is 16.1. The number of hydrogen-bond donors (Lipinski definition) is 4. The molecule has 0 unspecified atom stereocenters. The van der Waals surface area contributed by atoms with Crippen LogP contribution in [0, 0.1) is 0 Å². The first kappa shape index (κ1) is 39.5. The quantitative estimate of drug-likeness (QED) is 0.0602. The first-order valence-corrected chi connectivity index (χ1v) is 16.1. The summed E-state index contributed by atoms with van der Waals surface area (Å²) < 4.78 is 0.843. The van der Waals surface area contributed by atoms with Gasteiger partial charge in [-0.15, -0.1) is 0 Å². The molecule has 0 aromatic carbocycles. The van der Waals surface area contributed by atoms with Crippen LogP contribution in [-0.4, -0.2) is 110 Å². The fourth-order valence-corrected chi connectivity index (χ4v) is 4.93. The number of nitrogens with zero attached hydrogens (tertiary/aromatic N) is 2. The fraction of sp³-hybridized carbons (Fsp3) is 0.812. The number of hydrogen-bond acceptors (Lipinski definition) is 4. The van der Waals surface area contributed by atoms with Gasteiger partial charge in [0.2, 0.25) is 11.8 Å². The predicted molar refractivity (Wildman–Crippen MR) is 168 cm³/mol. The van der Waals surface area contributed by atoms with Gasteiger partial charge in [-0.25, -0.2) is 9.59 Å². The summed E-state index contributed by atoms with van der Waals surface area (Å²) in [6, 6.07) is 0. The van der Waals surface area contributed by atoms with E-state index in [1.807, 2.05) is 28.2 Å². The van der Waals surface area contributed by atoms with E-state index < -0.39 is 11.9 Å². The van der Waals surface area contributed by atoms with Crippen molar-refractivity contribution in [2.45, 2.75) is 103 Å². The van der Waals surface area contributed by atoms with Gasteiger partial charge in [0.1, 0.15) is 0 Å². The van der Waals surface area contributed by atoms with Gasteiger partial charge < -0.3 is 29.8 Å². The Bertz CT molecular complexity index is 734. The Balaban J connectivity index is 3.47. The maximum Gasteiger partial charge on any atom is 0.359 e. The van der Waals surface area contributed by atoms with E-state index >= 15 is 0 Å². The van der Waals surface area contributed by atoms with Crippen LogP contribution in [0.4, 0.5) is 0 Å². The minimum absolute atomic E-state index is 0.0917. The van der Waals surface area contributed by atoms with Gasteiger partial charge in [0.05, 0.1) is 41.3 Å². The van der Waals surface area contributed by atoms with E-state index in [1.54, 1.807) is 0 Å². The van der Waals surface area contributed by atoms with E-state index in [9.17, 15) is 19.2 Å². The molecule has 4 N–H and O–H groups in total. The third kappa shape index (κ3) is 27.7. The SMILES string of the molecule is C[N+](C)(CCCNC(=O)CCCCCCC/C=C/CCCCCCCC(=O)NCCC[N+](C)(C)CC(=O)O)CC(=O)O. The largest absolute Gasteiger partial charge is 0.477 e. The van der Waals surface area contributed by atoms with Crippen molar-refractivity contribution in [2.75, 3.05) is 67.5 Å². The zero-order chi connectivity index (χ0) is 31.7. The number of carboxylic acids is 2.